The van der Waals surface area contributed by atoms with E-state index in [9.17, 15) is 4.79 Å². The van der Waals surface area contributed by atoms with Gasteiger partial charge in [-0.25, -0.2) is 0 Å². The van der Waals surface area contributed by atoms with Crippen LogP contribution < -0.4 is 15.2 Å². The summed E-state index contributed by atoms with van der Waals surface area (Å²) in [6.45, 7) is 8.14. The first kappa shape index (κ1) is 20.6. The summed E-state index contributed by atoms with van der Waals surface area (Å²) in [4.78, 5) is 15.0. The molecule has 2 N–H and O–H groups in total. The van der Waals surface area contributed by atoms with Crippen LogP contribution in [0.1, 0.15) is 32.8 Å². The molecule has 1 aliphatic rings. The number of rotatable bonds is 5. The van der Waals surface area contributed by atoms with Crippen molar-refractivity contribution in [2.24, 2.45) is 11.1 Å². The highest BCUT2D eigenvalue weighted by atomic mass is 35.5. The van der Waals surface area contributed by atoms with Gasteiger partial charge in [-0.15, -0.1) is 12.4 Å². The molecular weight excluding hydrogens is 328 g/mol. The van der Waals surface area contributed by atoms with Crippen molar-refractivity contribution in [3.8, 4) is 11.5 Å². The number of carbonyl (C=O) groups is 1. The summed E-state index contributed by atoms with van der Waals surface area (Å²) in [5.41, 5.74) is 6.18. The quantitative estimate of drug-likeness (QED) is 0.880. The minimum absolute atomic E-state index is 0. The van der Waals surface area contributed by atoms with Crippen LogP contribution in [0.4, 0.5) is 0 Å². The second kappa shape index (κ2) is 7.62. The standard InChI is InChI=1S/C18H28N2O3.ClH/c1-17(2,13-6-7-14(22-4)15(10-13)23-5)16(21)20-9-8-18(3,11-19)12-20;/h6-7,10H,8-9,11-12,19H2,1-5H3;1H. The molecule has 0 bridgehead atoms. The third-order valence-corrected chi connectivity index (χ3v) is 4.98. The van der Waals surface area contributed by atoms with Crippen molar-refractivity contribution in [3.63, 3.8) is 0 Å². The highest BCUT2D eigenvalue weighted by Gasteiger charge is 2.41. The molecule has 0 radical (unpaired) electrons. The maximum absolute atomic E-state index is 13.0. The Morgan fingerprint density at radius 2 is 1.92 bits per heavy atom. The van der Waals surface area contributed by atoms with Crippen LogP contribution in [-0.4, -0.2) is 44.7 Å². The monoisotopic (exact) mass is 356 g/mol. The van der Waals surface area contributed by atoms with Crippen LogP contribution >= 0.6 is 12.4 Å². The lowest BCUT2D eigenvalue weighted by Gasteiger charge is -2.31. The van der Waals surface area contributed by atoms with E-state index in [-0.39, 0.29) is 23.7 Å². The lowest BCUT2D eigenvalue weighted by Crippen LogP contribution is -2.43. The summed E-state index contributed by atoms with van der Waals surface area (Å²) in [6.07, 6.45) is 0.956. The van der Waals surface area contributed by atoms with Crippen LogP contribution in [0.5, 0.6) is 11.5 Å². The zero-order valence-corrected chi connectivity index (χ0v) is 16.0. The van der Waals surface area contributed by atoms with Gasteiger partial charge in [-0.1, -0.05) is 13.0 Å². The van der Waals surface area contributed by atoms with E-state index in [4.69, 9.17) is 15.2 Å². The summed E-state index contributed by atoms with van der Waals surface area (Å²) in [5.74, 6) is 1.43. The van der Waals surface area contributed by atoms with E-state index in [0.717, 1.165) is 25.1 Å². The summed E-state index contributed by atoms with van der Waals surface area (Å²) >= 11 is 0. The maximum atomic E-state index is 13.0. The van der Waals surface area contributed by atoms with Gasteiger partial charge in [0.1, 0.15) is 0 Å². The first-order chi connectivity index (χ1) is 10.8. The van der Waals surface area contributed by atoms with Gasteiger partial charge in [0.05, 0.1) is 19.6 Å². The van der Waals surface area contributed by atoms with E-state index in [1.54, 1.807) is 14.2 Å². The van der Waals surface area contributed by atoms with Gasteiger partial charge in [-0.3, -0.25) is 4.79 Å². The molecule has 0 saturated carbocycles. The van der Waals surface area contributed by atoms with Gasteiger partial charge >= 0.3 is 0 Å². The highest BCUT2D eigenvalue weighted by Crippen LogP contribution is 2.36. The second-order valence-corrected chi connectivity index (χ2v) is 7.19. The Morgan fingerprint density at radius 3 is 2.42 bits per heavy atom. The van der Waals surface area contributed by atoms with Gasteiger partial charge in [0.25, 0.3) is 0 Å². The average molecular weight is 357 g/mol. The summed E-state index contributed by atoms with van der Waals surface area (Å²) in [5, 5.41) is 0. The zero-order valence-electron chi connectivity index (χ0n) is 15.2. The SMILES string of the molecule is COc1ccc(C(C)(C)C(=O)N2CCC(C)(CN)C2)cc1OC.Cl. The van der Waals surface area contributed by atoms with Crippen LogP contribution in [0, 0.1) is 5.41 Å². The number of hydrogen-bond acceptors (Lipinski definition) is 4. The fourth-order valence-electron chi connectivity index (χ4n) is 3.11. The van der Waals surface area contributed by atoms with E-state index in [1.165, 1.54) is 0 Å². The number of halogens is 1. The van der Waals surface area contributed by atoms with Gasteiger partial charge in [-0.2, -0.15) is 0 Å². The van der Waals surface area contributed by atoms with Crippen LogP contribution in [0.2, 0.25) is 0 Å². The lowest BCUT2D eigenvalue weighted by atomic mass is 9.82. The Hall–Kier alpha value is -1.46. The third kappa shape index (κ3) is 3.78. The van der Waals surface area contributed by atoms with E-state index in [0.29, 0.717) is 18.0 Å². The number of methoxy groups -OCH3 is 2. The van der Waals surface area contributed by atoms with Crippen LogP contribution in [0.15, 0.2) is 18.2 Å². The Labute approximate surface area is 150 Å². The van der Waals surface area contributed by atoms with E-state index < -0.39 is 5.41 Å². The van der Waals surface area contributed by atoms with Gasteiger partial charge in [0.2, 0.25) is 5.91 Å². The van der Waals surface area contributed by atoms with Crippen molar-refractivity contribution in [1.82, 2.24) is 4.90 Å². The van der Waals surface area contributed by atoms with Crippen LogP contribution in [-0.2, 0) is 10.2 Å². The molecule has 24 heavy (non-hydrogen) atoms. The van der Waals surface area contributed by atoms with Crippen molar-refractivity contribution in [1.29, 1.82) is 0 Å². The molecule has 6 heteroatoms. The van der Waals surface area contributed by atoms with E-state index >= 15 is 0 Å². The molecule has 1 amide bonds. The molecule has 1 fully saturated rings. The smallest absolute Gasteiger partial charge is 0.232 e. The molecule has 1 aromatic rings. The first-order valence-electron chi connectivity index (χ1n) is 7.99. The molecule has 1 aromatic carbocycles. The number of nitrogens with two attached hydrogens (primary N) is 1. The first-order valence-corrected chi connectivity index (χ1v) is 7.99. The van der Waals surface area contributed by atoms with Crippen molar-refractivity contribution >= 4 is 18.3 Å². The third-order valence-electron chi connectivity index (χ3n) is 4.98. The molecular formula is C18H29ClN2O3. The topological polar surface area (TPSA) is 64.8 Å². The van der Waals surface area contributed by atoms with Gasteiger partial charge in [0, 0.05) is 13.1 Å². The number of likely N-dealkylation sites (tertiary alicyclic amines) is 1. The molecule has 2 rings (SSSR count). The molecule has 1 heterocycles. The number of amides is 1. The number of ether oxygens (including phenoxy) is 2. The molecule has 5 nitrogen and oxygen atoms in total. The summed E-state index contributed by atoms with van der Waals surface area (Å²) in [6, 6.07) is 5.66. The minimum atomic E-state index is -0.626. The van der Waals surface area contributed by atoms with E-state index in [1.807, 2.05) is 36.9 Å². The number of nitrogens with zero attached hydrogens (tertiary/aromatic N) is 1. The minimum Gasteiger partial charge on any atom is -0.493 e. The normalized spacial score (nSPS) is 20.5. The van der Waals surface area contributed by atoms with Gasteiger partial charge in [-0.05, 0) is 49.9 Å². The Balaban J connectivity index is 0.00000288. The Kier molecular flexibility index (Phi) is 6.53. The average Bonchev–Trinajstić information content (AvgIpc) is 2.96. The summed E-state index contributed by atoms with van der Waals surface area (Å²) < 4.78 is 10.6. The van der Waals surface area contributed by atoms with Crippen LogP contribution in [0.25, 0.3) is 0 Å². The fraction of sp³-hybridized carbons (Fsp3) is 0.611. The highest BCUT2D eigenvalue weighted by molar-refractivity contribution is 5.88. The van der Waals surface area contributed by atoms with Crippen molar-refractivity contribution < 1.29 is 14.3 Å². The van der Waals surface area contributed by atoms with Crippen molar-refractivity contribution in [2.75, 3.05) is 33.9 Å². The molecule has 0 aromatic heterocycles. The number of carbonyl (C=O) groups excluding carboxylic acids is 1. The lowest BCUT2D eigenvalue weighted by molar-refractivity contribution is -0.135. The molecule has 0 aliphatic carbocycles. The fourth-order valence-corrected chi connectivity index (χ4v) is 3.11. The largest absolute Gasteiger partial charge is 0.493 e. The van der Waals surface area contributed by atoms with Crippen molar-refractivity contribution in [3.05, 3.63) is 23.8 Å². The Bertz CT molecular complexity index is 592. The molecule has 1 unspecified atom stereocenters. The predicted molar refractivity (Wildman–Crippen MR) is 98.2 cm³/mol. The molecule has 0 spiro atoms. The number of benzene rings is 1. The van der Waals surface area contributed by atoms with E-state index in [2.05, 4.69) is 6.92 Å². The zero-order chi connectivity index (χ0) is 17.3. The van der Waals surface area contributed by atoms with Crippen molar-refractivity contribution in [2.45, 2.75) is 32.6 Å². The Morgan fingerprint density at radius 1 is 1.29 bits per heavy atom. The van der Waals surface area contributed by atoms with Gasteiger partial charge < -0.3 is 20.1 Å². The van der Waals surface area contributed by atoms with Gasteiger partial charge in [0.15, 0.2) is 11.5 Å². The summed E-state index contributed by atoms with van der Waals surface area (Å²) in [7, 11) is 3.20. The molecule has 1 saturated heterocycles. The second-order valence-electron chi connectivity index (χ2n) is 7.19. The predicted octanol–water partition coefficient (Wildman–Crippen LogP) is 2.60. The molecule has 136 valence electrons. The molecule has 1 atom stereocenters. The van der Waals surface area contributed by atoms with Crippen LogP contribution in [0.3, 0.4) is 0 Å². The molecule has 1 aliphatic heterocycles. The number of hydrogen-bond donors (Lipinski definition) is 1. The maximum Gasteiger partial charge on any atom is 0.232 e.